The Morgan fingerprint density at radius 1 is 1.17 bits per heavy atom. The third-order valence-electron chi connectivity index (χ3n) is 4.13. The first-order valence-corrected chi connectivity index (χ1v) is 9.00. The van der Waals surface area contributed by atoms with Gasteiger partial charge in [-0.2, -0.15) is 0 Å². The summed E-state index contributed by atoms with van der Waals surface area (Å²) in [6.07, 6.45) is 1.01. The molecule has 1 heterocycles. The van der Waals surface area contributed by atoms with Gasteiger partial charge in [0.25, 0.3) is 0 Å². The number of amides is 1. The molecule has 0 aliphatic carbocycles. The van der Waals surface area contributed by atoms with Crippen molar-refractivity contribution in [3.05, 3.63) is 71.3 Å². The Bertz CT molecular complexity index is 659. The number of carbonyl (C=O) groups is 1. The maximum absolute atomic E-state index is 12.5. The van der Waals surface area contributed by atoms with Crippen molar-refractivity contribution >= 4 is 17.7 Å². The van der Waals surface area contributed by atoms with E-state index in [0.29, 0.717) is 13.0 Å². The molecule has 2 N–H and O–H groups in total. The van der Waals surface area contributed by atoms with E-state index in [-0.39, 0.29) is 11.2 Å². The fraction of sp³-hybridized carbons (Fsp3) is 0.316. The van der Waals surface area contributed by atoms with E-state index in [1.54, 1.807) is 11.8 Å². The zero-order valence-corrected chi connectivity index (χ0v) is 13.8. The molecule has 2 atom stereocenters. The van der Waals surface area contributed by atoms with Crippen molar-refractivity contribution in [1.82, 2.24) is 5.32 Å². The maximum Gasteiger partial charge on any atom is 0.237 e. The first-order valence-electron chi connectivity index (χ1n) is 7.96. The zero-order valence-electron chi connectivity index (χ0n) is 12.9. The van der Waals surface area contributed by atoms with E-state index in [0.717, 1.165) is 23.3 Å². The van der Waals surface area contributed by atoms with Gasteiger partial charge in [-0.3, -0.25) is 4.79 Å². The molecule has 0 fully saturated rings. The molecule has 3 nitrogen and oxygen atoms in total. The molecular weight excluding hydrogens is 306 g/mol. The van der Waals surface area contributed by atoms with E-state index < -0.39 is 6.10 Å². The molecule has 1 aliphatic heterocycles. The molecule has 2 aromatic carbocycles. The molecule has 0 bridgehead atoms. The SMILES string of the molecule is O=C(NCCC(O)c1ccccc1)C1SCCc2ccccc21. The largest absolute Gasteiger partial charge is 0.388 e. The molecule has 3 rings (SSSR count). The lowest BCUT2D eigenvalue weighted by Crippen LogP contribution is -2.31. The molecule has 1 aliphatic rings. The van der Waals surface area contributed by atoms with Gasteiger partial charge in [-0.05, 0) is 35.3 Å². The van der Waals surface area contributed by atoms with Crippen LogP contribution in [-0.2, 0) is 11.2 Å². The summed E-state index contributed by atoms with van der Waals surface area (Å²) in [6, 6.07) is 17.7. The first kappa shape index (κ1) is 16.1. The minimum atomic E-state index is -0.539. The van der Waals surface area contributed by atoms with Gasteiger partial charge in [0.15, 0.2) is 0 Å². The van der Waals surface area contributed by atoms with Gasteiger partial charge >= 0.3 is 0 Å². The van der Waals surface area contributed by atoms with Crippen LogP contribution in [0.1, 0.15) is 34.5 Å². The number of carbonyl (C=O) groups excluding carboxylic acids is 1. The van der Waals surface area contributed by atoms with Crippen LogP contribution in [0.15, 0.2) is 54.6 Å². The number of nitrogens with one attached hydrogen (secondary N) is 1. The van der Waals surface area contributed by atoms with Crippen LogP contribution in [0, 0.1) is 0 Å². The van der Waals surface area contributed by atoms with E-state index in [1.165, 1.54) is 5.56 Å². The Morgan fingerprint density at radius 3 is 2.74 bits per heavy atom. The summed E-state index contributed by atoms with van der Waals surface area (Å²) < 4.78 is 0. The Kier molecular flexibility index (Phi) is 5.36. The molecule has 4 heteroatoms. The summed E-state index contributed by atoms with van der Waals surface area (Å²) in [7, 11) is 0. The number of thioether (sulfide) groups is 1. The fourth-order valence-electron chi connectivity index (χ4n) is 2.88. The number of hydrogen-bond donors (Lipinski definition) is 2. The molecule has 23 heavy (non-hydrogen) atoms. The van der Waals surface area contributed by atoms with E-state index in [1.807, 2.05) is 48.5 Å². The van der Waals surface area contributed by atoms with Crippen LogP contribution in [0.3, 0.4) is 0 Å². The van der Waals surface area contributed by atoms with Gasteiger partial charge in [0.05, 0.1) is 6.10 Å². The summed E-state index contributed by atoms with van der Waals surface area (Å²) in [5, 5.41) is 13.0. The normalized spacial score (nSPS) is 18.0. The van der Waals surface area contributed by atoms with Crippen molar-refractivity contribution in [2.45, 2.75) is 24.2 Å². The lowest BCUT2D eigenvalue weighted by molar-refractivity contribution is -0.120. The van der Waals surface area contributed by atoms with Gasteiger partial charge in [-0.1, -0.05) is 54.6 Å². The van der Waals surface area contributed by atoms with Crippen LogP contribution in [-0.4, -0.2) is 23.3 Å². The smallest absolute Gasteiger partial charge is 0.237 e. The van der Waals surface area contributed by atoms with Crippen molar-refractivity contribution in [3.63, 3.8) is 0 Å². The Hall–Kier alpha value is -1.78. The van der Waals surface area contributed by atoms with Gasteiger partial charge in [-0.25, -0.2) is 0 Å². The summed E-state index contributed by atoms with van der Waals surface area (Å²) in [6.45, 7) is 0.480. The lowest BCUT2D eigenvalue weighted by atomic mass is 10.0. The highest BCUT2D eigenvalue weighted by Gasteiger charge is 2.26. The number of hydrogen-bond acceptors (Lipinski definition) is 3. The number of aliphatic hydroxyl groups excluding tert-OH is 1. The molecule has 0 saturated carbocycles. The Labute approximate surface area is 141 Å². The van der Waals surface area contributed by atoms with Crippen LogP contribution >= 0.6 is 11.8 Å². The van der Waals surface area contributed by atoms with Gasteiger partial charge in [-0.15, -0.1) is 11.8 Å². The van der Waals surface area contributed by atoms with Crippen LogP contribution in [0.2, 0.25) is 0 Å². The zero-order chi connectivity index (χ0) is 16.1. The predicted molar refractivity (Wildman–Crippen MR) is 94.4 cm³/mol. The van der Waals surface area contributed by atoms with Crippen LogP contribution in [0.25, 0.3) is 0 Å². The predicted octanol–water partition coefficient (Wildman–Crippen LogP) is 3.26. The second-order valence-electron chi connectivity index (χ2n) is 5.71. The van der Waals surface area contributed by atoms with Crippen LogP contribution in [0.4, 0.5) is 0 Å². The van der Waals surface area contributed by atoms with E-state index >= 15 is 0 Å². The highest BCUT2D eigenvalue weighted by atomic mass is 32.2. The second kappa shape index (κ2) is 7.66. The second-order valence-corrected chi connectivity index (χ2v) is 6.92. The Balaban J connectivity index is 1.54. The van der Waals surface area contributed by atoms with Gasteiger partial charge in [0, 0.05) is 6.54 Å². The summed E-state index contributed by atoms with van der Waals surface area (Å²) >= 11 is 1.69. The van der Waals surface area contributed by atoms with Crippen LogP contribution < -0.4 is 5.32 Å². The van der Waals surface area contributed by atoms with E-state index in [9.17, 15) is 9.90 Å². The van der Waals surface area contributed by atoms with Crippen molar-refractivity contribution in [1.29, 1.82) is 0 Å². The number of rotatable bonds is 5. The van der Waals surface area contributed by atoms with E-state index in [4.69, 9.17) is 0 Å². The third-order valence-corrected chi connectivity index (χ3v) is 5.37. The summed E-state index contributed by atoms with van der Waals surface area (Å²) in [5.74, 6) is 1.02. The Morgan fingerprint density at radius 2 is 1.91 bits per heavy atom. The fourth-order valence-corrected chi connectivity index (χ4v) is 4.10. The molecule has 0 radical (unpaired) electrons. The van der Waals surface area contributed by atoms with E-state index in [2.05, 4.69) is 11.4 Å². The molecule has 0 spiro atoms. The highest BCUT2D eigenvalue weighted by molar-refractivity contribution is 8.00. The molecule has 0 aromatic heterocycles. The average molecular weight is 327 g/mol. The molecule has 2 aromatic rings. The topological polar surface area (TPSA) is 49.3 Å². The van der Waals surface area contributed by atoms with Gasteiger partial charge < -0.3 is 10.4 Å². The van der Waals surface area contributed by atoms with Gasteiger partial charge in [0.2, 0.25) is 5.91 Å². The molecule has 0 saturated heterocycles. The molecule has 2 unspecified atom stereocenters. The average Bonchev–Trinajstić information content (AvgIpc) is 2.61. The van der Waals surface area contributed by atoms with Gasteiger partial charge in [0.1, 0.15) is 5.25 Å². The minimum absolute atomic E-state index is 0.0439. The molecular formula is C19H21NO2S. The lowest BCUT2D eigenvalue weighted by Gasteiger charge is -2.24. The van der Waals surface area contributed by atoms with Crippen molar-refractivity contribution < 1.29 is 9.90 Å². The highest BCUT2D eigenvalue weighted by Crippen LogP contribution is 2.36. The first-order chi connectivity index (χ1) is 11.3. The number of benzene rings is 2. The third kappa shape index (κ3) is 3.95. The molecule has 120 valence electrons. The number of aliphatic hydroxyl groups is 1. The van der Waals surface area contributed by atoms with Crippen molar-refractivity contribution in [3.8, 4) is 0 Å². The number of aryl methyl sites for hydroxylation is 1. The summed E-state index contributed by atoms with van der Waals surface area (Å²) in [4.78, 5) is 12.5. The summed E-state index contributed by atoms with van der Waals surface area (Å²) in [5.41, 5.74) is 3.29. The van der Waals surface area contributed by atoms with Crippen molar-refractivity contribution in [2.24, 2.45) is 0 Å². The van der Waals surface area contributed by atoms with Crippen molar-refractivity contribution in [2.75, 3.05) is 12.3 Å². The minimum Gasteiger partial charge on any atom is -0.388 e. The molecule has 1 amide bonds. The standard InChI is InChI=1S/C19H21NO2S/c21-17(15-7-2-1-3-8-15)10-12-20-19(22)18-16-9-5-4-6-14(16)11-13-23-18/h1-9,17-18,21H,10-13H2,(H,20,22). The van der Waals surface area contributed by atoms with Crippen LogP contribution in [0.5, 0.6) is 0 Å². The number of fused-ring (bicyclic) bond motifs is 1. The monoisotopic (exact) mass is 327 g/mol. The maximum atomic E-state index is 12.5. The quantitative estimate of drug-likeness (QED) is 0.886.